The van der Waals surface area contributed by atoms with Gasteiger partial charge >= 0.3 is 0 Å². The maximum absolute atomic E-state index is 13.1. The van der Waals surface area contributed by atoms with Crippen LogP contribution in [0.4, 0.5) is 4.39 Å². The number of nitrogens with zero attached hydrogens (tertiary/aromatic N) is 4. The molecule has 0 N–H and O–H groups in total. The third-order valence-electron chi connectivity index (χ3n) is 4.44. The molecule has 0 radical (unpaired) electrons. The topological polar surface area (TPSA) is 43.2 Å². The third kappa shape index (κ3) is 3.44. The molecular weight excluding hydrogens is 331 g/mol. The van der Waals surface area contributed by atoms with E-state index in [4.69, 9.17) is 4.74 Å². The molecule has 0 bridgehead atoms. The van der Waals surface area contributed by atoms with Crippen molar-refractivity contribution in [2.75, 3.05) is 6.54 Å². The van der Waals surface area contributed by atoms with Crippen molar-refractivity contribution in [1.82, 2.24) is 19.7 Å². The highest BCUT2D eigenvalue weighted by Crippen LogP contribution is 2.25. The normalized spacial score (nSPS) is 13.3. The lowest BCUT2D eigenvalue weighted by molar-refractivity contribution is 0.279. The summed E-state index contributed by atoms with van der Waals surface area (Å²) in [4.78, 5) is 6.26. The van der Waals surface area contributed by atoms with E-state index in [2.05, 4.69) is 21.6 Å². The van der Waals surface area contributed by atoms with Crippen LogP contribution in [0.25, 0.3) is 5.70 Å². The summed E-state index contributed by atoms with van der Waals surface area (Å²) in [7, 11) is 0. The van der Waals surface area contributed by atoms with Crippen LogP contribution < -0.4 is 4.74 Å². The number of aromatic nitrogens is 3. The van der Waals surface area contributed by atoms with Crippen LogP contribution in [0.2, 0.25) is 0 Å². The minimum atomic E-state index is -0.242. The highest BCUT2D eigenvalue weighted by atomic mass is 19.1. The summed E-state index contributed by atoms with van der Waals surface area (Å²) >= 11 is 0. The molecule has 0 saturated carbocycles. The van der Waals surface area contributed by atoms with Crippen molar-refractivity contribution >= 4 is 5.70 Å². The second-order valence-corrected chi connectivity index (χ2v) is 6.22. The Morgan fingerprint density at radius 1 is 1.19 bits per heavy atom. The highest BCUT2D eigenvalue weighted by Gasteiger charge is 2.20. The first-order chi connectivity index (χ1) is 12.7. The smallest absolute Gasteiger partial charge is 0.233 e. The first kappa shape index (κ1) is 16.3. The lowest BCUT2D eigenvalue weighted by atomic mass is 10.1. The van der Waals surface area contributed by atoms with Gasteiger partial charge in [0, 0.05) is 36.3 Å². The van der Waals surface area contributed by atoms with Crippen molar-refractivity contribution in [3.63, 3.8) is 0 Å². The SMILES string of the molecule is C=C(c1ccc(F)cc1)N1CCn2nc(OCc3cccnc3)cc2C1. The van der Waals surface area contributed by atoms with Crippen molar-refractivity contribution in [2.24, 2.45) is 0 Å². The van der Waals surface area contributed by atoms with Gasteiger partial charge in [0.1, 0.15) is 12.4 Å². The van der Waals surface area contributed by atoms with E-state index in [-0.39, 0.29) is 5.82 Å². The van der Waals surface area contributed by atoms with E-state index in [1.807, 2.05) is 22.9 Å². The molecule has 3 heterocycles. The number of hydrogen-bond donors (Lipinski definition) is 0. The molecule has 2 aromatic heterocycles. The third-order valence-corrected chi connectivity index (χ3v) is 4.44. The van der Waals surface area contributed by atoms with Crippen LogP contribution in [0.1, 0.15) is 16.8 Å². The quantitative estimate of drug-likeness (QED) is 0.707. The summed E-state index contributed by atoms with van der Waals surface area (Å²) in [5.74, 6) is 0.367. The summed E-state index contributed by atoms with van der Waals surface area (Å²) in [6.07, 6.45) is 3.52. The summed E-state index contributed by atoms with van der Waals surface area (Å²) in [6, 6.07) is 12.2. The molecule has 3 aromatic rings. The van der Waals surface area contributed by atoms with Crippen LogP contribution in [-0.4, -0.2) is 26.2 Å². The van der Waals surface area contributed by atoms with Gasteiger partial charge in [-0.25, -0.2) is 4.39 Å². The Labute approximate surface area is 151 Å². The Hall–Kier alpha value is -3.15. The molecule has 1 aliphatic heterocycles. The van der Waals surface area contributed by atoms with E-state index >= 15 is 0 Å². The molecule has 6 heteroatoms. The number of hydrogen-bond acceptors (Lipinski definition) is 4. The molecule has 0 amide bonds. The number of fused-ring (bicyclic) bond motifs is 1. The zero-order valence-electron chi connectivity index (χ0n) is 14.3. The molecule has 132 valence electrons. The fourth-order valence-corrected chi connectivity index (χ4v) is 3.01. The number of pyridine rings is 1. The van der Waals surface area contributed by atoms with E-state index < -0.39 is 0 Å². The Morgan fingerprint density at radius 3 is 2.81 bits per heavy atom. The van der Waals surface area contributed by atoms with Crippen molar-refractivity contribution in [3.8, 4) is 5.88 Å². The predicted molar refractivity (Wildman–Crippen MR) is 96.6 cm³/mol. The maximum atomic E-state index is 13.1. The van der Waals surface area contributed by atoms with Gasteiger partial charge in [0.2, 0.25) is 5.88 Å². The summed E-state index contributed by atoms with van der Waals surface area (Å²) in [6.45, 7) is 6.86. The zero-order chi connectivity index (χ0) is 17.9. The van der Waals surface area contributed by atoms with Gasteiger partial charge in [-0.15, -0.1) is 5.10 Å². The van der Waals surface area contributed by atoms with Crippen LogP contribution in [-0.2, 0) is 19.7 Å². The van der Waals surface area contributed by atoms with Gasteiger partial charge < -0.3 is 9.64 Å². The number of benzene rings is 1. The average Bonchev–Trinajstić information content (AvgIpc) is 3.09. The molecule has 1 aromatic carbocycles. The fourth-order valence-electron chi connectivity index (χ4n) is 3.01. The van der Waals surface area contributed by atoms with Crippen LogP contribution >= 0.6 is 0 Å². The molecule has 4 rings (SSSR count). The molecule has 0 fully saturated rings. The maximum Gasteiger partial charge on any atom is 0.233 e. The Morgan fingerprint density at radius 2 is 2.04 bits per heavy atom. The molecule has 5 nitrogen and oxygen atoms in total. The van der Waals surface area contributed by atoms with Gasteiger partial charge in [0.05, 0.1) is 18.8 Å². The Kier molecular flexibility index (Phi) is 4.39. The van der Waals surface area contributed by atoms with E-state index in [1.165, 1.54) is 12.1 Å². The lowest BCUT2D eigenvalue weighted by Gasteiger charge is -2.31. The largest absolute Gasteiger partial charge is 0.472 e. The van der Waals surface area contributed by atoms with Gasteiger partial charge in [-0.1, -0.05) is 24.8 Å². The average molecular weight is 350 g/mol. The predicted octanol–water partition coefficient (Wildman–Crippen LogP) is 3.48. The fraction of sp³-hybridized carbons (Fsp3) is 0.200. The second-order valence-electron chi connectivity index (χ2n) is 6.22. The first-order valence-electron chi connectivity index (χ1n) is 8.47. The monoisotopic (exact) mass is 350 g/mol. The van der Waals surface area contributed by atoms with Crippen molar-refractivity contribution in [3.05, 3.63) is 84.1 Å². The highest BCUT2D eigenvalue weighted by molar-refractivity contribution is 5.61. The van der Waals surface area contributed by atoms with Crippen LogP contribution in [0, 0.1) is 5.82 Å². The van der Waals surface area contributed by atoms with Gasteiger partial charge in [0.15, 0.2) is 0 Å². The number of rotatable bonds is 5. The van der Waals surface area contributed by atoms with Crippen LogP contribution in [0.5, 0.6) is 5.88 Å². The van der Waals surface area contributed by atoms with Gasteiger partial charge in [-0.05, 0) is 23.8 Å². The van der Waals surface area contributed by atoms with E-state index in [0.29, 0.717) is 19.0 Å². The zero-order valence-corrected chi connectivity index (χ0v) is 14.3. The number of halogens is 1. The Bertz CT molecular complexity index is 905. The molecule has 0 aliphatic carbocycles. The number of ether oxygens (including phenoxy) is 1. The van der Waals surface area contributed by atoms with E-state index in [1.54, 1.807) is 24.5 Å². The molecule has 0 spiro atoms. The molecule has 0 unspecified atom stereocenters. The lowest BCUT2D eigenvalue weighted by Crippen LogP contribution is -2.32. The van der Waals surface area contributed by atoms with Crippen LogP contribution in [0.15, 0.2) is 61.4 Å². The van der Waals surface area contributed by atoms with Gasteiger partial charge in [-0.2, -0.15) is 0 Å². The second kappa shape index (κ2) is 7.00. The van der Waals surface area contributed by atoms with Gasteiger partial charge in [0.25, 0.3) is 0 Å². The van der Waals surface area contributed by atoms with E-state index in [9.17, 15) is 4.39 Å². The van der Waals surface area contributed by atoms with Crippen molar-refractivity contribution in [1.29, 1.82) is 0 Å². The first-order valence-corrected chi connectivity index (χ1v) is 8.47. The van der Waals surface area contributed by atoms with Gasteiger partial charge in [-0.3, -0.25) is 9.67 Å². The van der Waals surface area contributed by atoms with Crippen LogP contribution in [0.3, 0.4) is 0 Å². The summed E-state index contributed by atoms with van der Waals surface area (Å²) < 4.78 is 20.9. The minimum Gasteiger partial charge on any atom is -0.472 e. The standard InChI is InChI=1S/C20H19FN4O/c1-15(17-4-6-18(21)7-5-17)24-9-10-25-19(13-24)11-20(23-25)26-14-16-3-2-8-22-12-16/h2-8,11-12H,1,9-10,13-14H2. The van der Waals surface area contributed by atoms with Crippen molar-refractivity contribution < 1.29 is 9.13 Å². The molecule has 1 aliphatic rings. The summed E-state index contributed by atoms with van der Waals surface area (Å²) in [5, 5.41) is 4.51. The molecule has 0 saturated heterocycles. The minimum absolute atomic E-state index is 0.242. The van der Waals surface area contributed by atoms with Crippen molar-refractivity contribution in [2.45, 2.75) is 19.7 Å². The molecule has 0 atom stereocenters. The van der Waals surface area contributed by atoms with E-state index in [0.717, 1.165) is 35.6 Å². The summed E-state index contributed by atoms with van der Waals surface area (Å²) in [5.41, 5.74) is 3.88. The Balaban J connectivity index is 1.43. The molecule has 26 heavy (non-hydrogen) atoms. The molecular formula is C20H19FN4O.